The Labute approximate surface area is 129 Å². The Hall–Kier alpha value is -3.60. The first kappa shape index (κ1) is 14.3. The molecule has 8 heteroatoms. The molecule has 0 unspecified atom stereocenters. The van der Waals surface area contributed by atoms with Gasteiger partial charge in [0.25, 0.3) is 0 Å². The second kappa shape index (κ2) is 5.65. The van der Waals surface area contributed by atoms with Crippen molar-refractivity contribution in [2.24, 2.45) is 0 Å². The van der Waals surface area contributed by atoms with Gasteiger partial charge in [0.15, 0.2) is 0 Å². The van der Waals surface area contributed by atoms with Crippen molar-refractivity contribution in [3.63, 3.8) is 0 Å². The van der Waals surface area contributed by atoms with Gasteiger partial charge in [-0.1, -0.05) is 6.07 Å². The van der Waals surface area contributed by atoms with Crippen LogP contribution in [-0.4, -0.2) is 15.3 Å². The Morgan fingerprint density at radius 2 is 2.22 bits per heavy atom. The maximum absolute atomic E-state index is 11.8. The highest BCUT2D eigenvalue weighted by Crippen LogP contribution is 2.20. The minimum Gasteiger partial charge on any atom is -0.455 e. The van der Waals surface area contributed by atoms with Crippen LogP contribution < -0.4 is 0 Å². The number of furan rings is 1. The first-order chi connectivity index (χ1) is 11.1. The molecule has 0 spiro atoms. The maximum atomic E-state index is 11.8. The Morgan fingerprint density at radius 1 is 1.39 bits per heavy atom. The number of nitriles is 1. The fourth-order valence-corrected chi connectivity index (χ4v) is 2.17. The summed E-state index contributed by atoms with van der Waals surface area (Å²) in [4.78, 5) is 21.6. The molecule has 0 amide bonds. The largest absolute Gasteiger partial charge is 0.455 e. The van der Waals surface area contributed by atoms with Crippen molar-refractivity contribution >= 4 is 17.4 Å². The second-order valence-corrected chi connectivity index (χ2v) is 4.61. The van der Waals surface area contributed by atoms with Crippen LogP contribution >= 0.6 is 0 Å². The zero-order chi connectivity index (χ0) is 16.4. The van der Waals surface area contributed by atoms with E-state index in [1.807, 2.05) is 6.07 Å². The van der Waals surface area contributed by atoms with Crippen molar-refractivity contribution in [2.75, 3.05) is 0 Å². The molecule has 0 aliphatic carbocycles. The number of carbonyl (C=O) groups is 1. The van der Waals surface area contributed by atoms with Gasteiger partial charge in [0.05, 0.1) is 17.1 Å². The van der Waals surface area contributed by atoms with Crippen LogP contribution in [0, 0.1) is 21.4 Å². The molecule has 0 saturated heterocycles. The molecule has 0 atom stereocenters. The third kappa shape index (κ3) is 2.63. The van der Waals surface area contributed by atoms with Crippen molar-refractivity contribution in [1.29, 1.82) is 5.26 Å². The number of pyridine rings is 1. The summed E-state index contributed by atoms with van der Waals surface area (Å²) in [6.07, 6.45) is 3.46. The molecule has 3 rings (SSSR count). The van der Waals surface area contributed by atoms with Crippen molar-refractivity contribution in [3.05, 3.63) is 69.7 Å². The van der Waals surface area contributed by atoms with E-state index in [0.717, 1.165) is 6.07 Å². The number of hydrogen-bond donors (Lipinski definition) is 0. The van der Waals surface area contributed by atoms with Gasteiger partial charge in [0.2, 0.25) is 5.76 Å². The number of nitrogens with zero attached hydrogens (tertiary/aromatic N) is 3. The lowest BCUT2D eigenvalue weighted by molar-refractivity contribution is -0.402. The average Bonchev–Trinajstić information content (AvgIpc) is 3.16. The summed E-state index contributed by atoms with van der Waals surface area (Å²) in [5, 5.41) is 19.8. The van der Waals surface area contributed by atoms with Crippen molar-refractivity contribution in [1.82, 2.24) is 4.40 Å². The van der Waals surface area contributed by atoms with E-state index < -0.39 is 16.8 Å². The predicted molar refractivity (Wildman–Crippen MR) is 76.6 cm³/mol. The lowest BCUT2D eigenvalue weighted by atomic mass is 10.2. The molecule has 0 aromatic carbocycles. The average molecular weight is 311 g/mol. The molecule has 3 aromatic heterocycles. The van der Waals surface area contributed by atoms with E-state index in [1.54, 1.807) is 28.9 Å². The summed E-state index contributed by atoms with van der Waals surface area (Å²) in [5.74, 6) is -1.64. The van der Waals surface area contributed by atoms with Gasteiger partial charge in [0.1, 0.15) is 17.6 Å². The quantitative estimate of drug-likeness (QED) is 0.416. The van der Waals surface area contributed by atoms with Crippen molar-refractivity contribution in [2.45, 2.75) is 6.61 Å². The van der Waals surface area contributed by atoms with Crippen LogP contribution in [0.5, 0.6) is 0 Å². The van der Waals surface area contributed by atoms with Crippen LogP contribution in [-0.2, 0) is 11.3 Å². The Bertz CT molecular complexity index is 948. The summed E-state index contributed by atoms with van der Waals surface area (Å²) in [5.41, 5.74) is 1.65. The van der Waals surface area contributed by atoms with Crippen LogP contribution in [0.4, 0.5) is 5.88 Å². The number of nitro groups is 1. The van der Waals surface area contributed by atoms with E-state index in [-0.39, 0.29) is 12.4 Å². The van der Waals surface area contributed by atoms with Gasteiger partial charge in [-0.3, -0.25) is 10.1 Å². The van der Waals surface area contributed by atoms with Gasteiger partial charge in [-0.25, -0.2) is 4.79 Å². The number of ether oxygens (including phenoxy) is 1. The van der Waals surface area contributed by atoms with Gasteiger partial charge in [0, 0.05) is 18.0 Å². The van der Waals surface area contributed by atoms with Gasteiger partial charge < -0.3 is 13.6 Å². The molecule has 3 aromatic rings. The highest BCUT2D eigenvalue weighted by Gasteiger charge is 2.19. The molecule has 0 aliphatic heterocycles. The van der Waals surface area contributed by atoms with E-state index >= 15 is 0 Å². The smallest absolute Gasteiger partial charge is 0.433 e. The maximum Gasteiger partial charge on any atom is 0.433 e. The normalized spacial score (nSPS) is 10.4. The van der Waals surface area contributed by atoms with Crippen LogP contribution in [0.25, 0.3) is 5.52 Å². The highest BCUT2D eigenvalue weighted by molar-refractivity contribution is 5.86. The summed E-state index contributed by atoms with van der Waals surface area (Å²) in [7, 11) is 0. The topological polar surface area (TPSA) is 111 Å². The zero-order valence-electron chi connectivity index (χ0n) is 11.6. The molecule has 0 aliphatic rings. The summed E-state index contributed by atoms with van der Waals surface area (Å²) in [6, 6.07) is 9.71. The third-order valence-electron chi connectivity index (χ3n) is 3.21. The fourth-order valence-electron chi connectivity index (χ4n) is 2.17. The van der Waals surface area contributed by atoms with E-state index in [0.29, 0.717) is 16.6 Å². The molecule has 0 radical (unpaired) electrons. The van der Waals surface area contributed by atoms with Gasteiger partial charge in [-0.15, -0.1) is 0 Å². The summed E-state index contributed by atoms with van der Waals surface area (Å²) >= 11 is 0. The Balaban J connectivity index is 1.79. The van der Waals surface area contributed by atoms with Crippen molar-refractivity contribution in [3.8, 4) is 6.07 Å². The van der Waals surface area contributed by atoms with Gasteiger partial charge in [-0.05, 0) is 18.2 Å². The molecule has 23 heavy (non-hydrogen) atoms. The minimum atomic E-state index is -0.836. The number of carbonyl (C=O) groups excluding carboxylic acids is 1. The van der Waals surface area contributed by atoms with E-state index in [4.69, 9.17) is 9.15 Å². The zero-order valence-corrected chi connectivity index (χ0v) is 11.6. The molecule has 114 valence electrons. The predicted octanol–water partition coefficient (Wildman–Crippen LogP) is 2.67. The molecular weight excluding hydrogens is 302 g/mol. The lowest BCUT2D eigenvalue weighted by Gasteiger charge is -2.00. The molecule has 0 bridgehead atoms. The molecule has 0 fully saturated rings. The van der Waals surface area contributed by atoms with Gasteiger partial charge in [-0.2, -0.15) is 5.26 Å². The van der Waals surface area contributed by atoms with Crippen molar-refractivity contribution < 1.29 is 18.9 Å². The van der Waals surface area contributed by atoms with Crippen LogP contribution in [0.3, 0.4) is 0 Å². The van der Waals surface area contributed by atoms with E-state index in [9.17, 15) is 20.2 Å². The Kier molecular flexibility index (Phi) is 3.52. The third-order valence-corrected chi connectivity index (χ3v) is 3.21. The first-order valence-corrected chi connectivity index (χ1v) is 6.50. The first-order valence-electron chi connectivity index (χ1n) is 6.50. The number of rotatable bonds is 4. The number of aromatic nitrogens is 1. The molecule has 3 heterocycles. The van der Waals surface area contributed by atoms with Crippen LogP contribution in [0.2, 0.25) is 0 Å². The highest BCUT2D eigenvalue weighted by atomic mass is 16.7. The fraction of sp³-hybridized carbons (Fsp3) is 0.0667. The lowest BCUT2D eigenvalue weighted by Crippen LogP contribution is -2.04. The standard InChI is InChI=1S/C15H9N3O5/c16-7-11-10(8-17-6-2-1-3-12(11)17)9-22-15(19)13-4-5-14(23-13)18(20)21/h1-6,8H,9H2. The summed E-state index contributed by atoms with van der Waals surface area (Å²) in [6.45, 7) is -0.141. The molecule has 8 nitrogen and oxygen atoms in total. The number of esters is 1. The van der Waals surface area contributed by atoms with Crippen LogP contribution in [0.1, 0.15) is 21.7 Å². The van der Waals surface area contributed by atoms with E-state index in [2.05, 4.69) is 6.07 Å². The molecule has 0 N–H and O–H groups in total. The minimum absolute atomic E-state index is 0.141. The monoisotopic (exact) mass is 311 g/mol. The molecular formula is C15H9N3O5. The SMILES string of the molecule is N#Cc1c(COC(=O)c2ccc([N+](=O)[O-])o2)cn2ccccc12. The van der Waals surface area contributed by atoms with E-state index in [1.165, 1.54) is 6.07 Å². The van der Waals surface area contributed by atoms with Gasteiger partial charge >= 0.3 is 11.9 Å². The molecule has 0 saturated carbocycles. The second-order valence-electron chi connectivity index (χ2n) is 4.61. The Morgan fingerprint density at radius 3 is 2.91 bits per heavy atom. The number of hydrogen-bond acceptors (Lipinski definition) is 6. The van der Waals surface area contributed by atoms with Crippen LogP contribution in [0.15, 0.2) is 47.1 Å². The summed E-state index contributed by atoms with van der Waals surface area (Å²) < 4.78 is 11.6. The number of fused-ring (bicyclic) bond motifs is 1.